The quantitative estimate of drug-likeness (QED) is 0.494. The number of benzene rings is 1. The highest BCUT2D eigenvalue weighted by molar-refractivity contribution is 7.99. The topological polar surface area (TPSA) is 80.1 Å². The van der Waals surface area contributed by atoms with E-state index < -0.39 is 0 Å². The van der Waals surface area contributed by atoms with Crippen molar-refractivity contribution in [2.75, 3.05) is 29.1 Å². The van der Waals surface area contributed by atoms with Crippen molar-refractivity contribution in [1.29, 1.82) is 0 Å². The summed E-state index contributed by atoms with van der Waals surface area (Å²) >= 11 is 2.65. The Bertz CT molecular complexity index is 1080. The molecule has 1 saturated heterocycles. The molecule has 9 heteroatoms. The number of fused-ring (bicyclic) bond motifs is 1. The molecule has 0 radical (unpaired) electrons. The number of amides is 1. The molecule has 1 aliphatic rings. The molecule has 0 atom stereocenters. The Labute approximate surface area is 177 Å². The first-order valence-electron chi connectivity index (χ1n) is 9.63. The standard InChI is InChI=1S/C20H23N5O2S2/c1-13-6-8-14(9-7-13)21-15(26)12-28-19-22-17-16(18(27)24(19)2)29-20(23-17)25-10-4-3-5-11-25/h6-9H,3-5,10-12H2,1-2H3,(H,21,26). The number of carbonyl (C=O) groups excluding carboxylic acids is 1. The number of aromatic nitrogens is 3. The van der Waals surface area contributed by atoms with Gasteiger partial charge in [-0.3, -0.25) is 14.2 Å². The molecule has 1 N–H and O–H groups in total. The molecule has 0 aliphatic carbocycles. The van der Waals surface area contributed by atoms with Gasteiger partial charge in [-0.05, 0) is 38.3 Å². The monoisotopic (exact) mass is 429 g/mol. The van der Waals surface area contributed by atoms with Gasteiger partial charge in [0.15, 0.2) is 15.9 Å². The summed E-state index contributed by atoms with van der Waals surface area (Å²) in [5.74, 6) is 0.0310. The van der Waals surface area contributed by atoms with Gasteiger partial charge in [-0.25, -0.2) is 4.98 Å². The van der Waals surface area contributed by atoms with Crippen LogP contribution in [0.5, 0.6) is 0 Å². The summed E-state index contributed by atoms with van der Waals surface area (Å²) < 4.78 is 2.08. The molecule has 0 saturated carbocycles. The van der Waals surface area contributed by atoms with Crippen LogP contribution in [-0.4, -0.2) is 39.3 Å². The van der Waals surface area contributed by atoms with E-state index in [4.69, 9.17) is 0 Å². The van der Waals surface area contributed by atoms with Crippen molar-refractivity contribution in [3.63, 3.8) is 0 Å². The van der Waals surface area contributed by atoms with Crippen molar-refractivity contribution in [3.05, 3.63) is 40.2 Å². The predicted octanol–water partition coefficient (Wildman–Crippen LogP) is 3.42. The zero-order valence-corrected chi connectivity index (χ0v) is 18.1. The summed E-state index contributed by atoms with van der Waals surface area (Å²) in [6.45, 7) is 3.95. The molecule has 1 fully saturated rings. The first-order valence-corrected chi connectivity index (χ1v) is 11.4. The summed E-state index contributed by atoms with van der Waals surface area (Å²) in [6.07, 6.45) is 3.55. The maximum absolute atomic E-state index is 12.8. The second kappa shape index (κ2) is 8.54. The maximum Gasteiger partial charge on any atom is 0.273 e. The van der Waals surface area contributed by atoms with Crippen molar-refractivity contribution in [2.24, 2.45) is 7.05 Å². The van der Waals surface area contributed by atoms with Crippen LogP contribution in [-0.2, 0) is 11.8 Å². The molecule has 0 unspecified atom stereocenters. The Morgan fingerprint density at radius 3 is 2.62 bits per heavy atom. The predicted molar refractivity (Wildman–Crippen MR) is 119 cm³/mol. The molecule has 2 aromatic heterocycles. The number of thioether (sulfide) groups is 1. The molecule has 4 rings (SSSR count). The van der Waals surface area contributed by atoms with Crippen LogP contribution < -0.4 is 15.8 Å². The highest BCUT2D eigenvalue weighted by Gasteiger charge is 2.19. The third kappa shape index (κ3) is 4.45. The number of piperidine rings is 1. The van der Waals surface area contributed by atoms with Crippen molar-refractivity contribution in [3.8, 4) is 0 Å². The summed E-state index contributed by atoms with van der Waals surface area (Å²) in [4.78, 5) is 36.4. The molecule has 3 heterocycles. The molecular formula is C20H23N5O2S2. The Hall–Kier alpha value is -2.39. The fourth-order valence-corrected chi connectivity index (χ4v) is 5.03. The van der Waals surface area contributed by atoms with Gasteiger partial charge in [0.2, 0.25) is 5.91 Å². The van der Waals surface area contributed by atoms with Gasteiger partial charge in [0.05, 0.1) is 5.75 Å². The van der Waals surface area contributed by atoms with Crippen LogP contribution in [0.4, 0.5) is 10.8 Å². The Morgan fingerprint density at radius 1 is 1.17 bits per heavy atom. The van der Waals surface area contributed by atoms with Crippen molar-refractivity contribution in [2.45, 2.75) is 31.3 Å². The number of nitrogens with one attached hydrogen (secondary N) is 1. The number of hydrogen-bond acceptors (Lipinski definition) is 7. The molecule has 1 amide bonds. The first kappa shape index (κ1) is 19.9. The van der Waals surface area contributed by atoms with Gasteiger partial charge < -0.3 is 10.2 Å². The van der Waals surface area contributed by atoms with Gasteiger partial charge in [0.25, 0.3) is 5.56 Å². The summed E-state index contributed by atoms with van der Waals surface area (Å²) in [5, 5.41) is 4.22. The average molecular weight is 430 g/mol. The van der Waals surface area contributed by atoms with Crippen molar-refractivity contribution in [1.82, 2.24) is 14.5 Å². The van der Waals surface area contributed by atoms with E-state index >= 15 is 0 Å². The average Bonchev–Trinajstić information content (AvgIpc) is 3.16. The van der Waals surface area contributed by atoms with E-state index in [2.05, 4.69) is 20.2 Å². The maximum atomic E-state index is 12.8. The zero-order valence-electron chi connectivity index (χ0n) is 16.5. The van der Waals surface area contributed by atoms with Gasteiger partial charge in [0, 0.05) is 25.8 Å². The second-order valence-corrected chi connectivity index (χ2v) is 9.08. The summed E-state index contributed by atoms with van der Waals surface area (Å²) in [6, 6.07) is 7.64. The smallest absolute Gasteiger partial charge is 0.273 e. The molecule has 7 nitrogen and oxygen atoms in total. The lowest BCUT2D eigenvalue weighted by Gasteiger charge is -2.25. The summed E-state index contributed by atoms with van der Waals surface area (Å²) in [5.41, 5.74) is 2.25. The number of thiazole rings is 1. The molecule has 1 aromatic carbocycles. The van der Waals surface area contributed by atoms with Gasteiger partial charge in [-0.1, -0.05) is 40.8 Å². The molecular weight excluding hydrogens is 406 g/mol. The molecule has 152 valence electrons. The van der Waals surface area contributed by atoms with Gasteiger partial charge in [-0.15, -0.1) is 0 Å². The highest BCUT2D eigenvalue weighted by atomic mass is 32.2. The van der Waals surface area contributed by atoms with E-state index in [0.717, 1.165) is 42.3 Å². The van der Waals surface area contributed by atoms with Crippen molar-refractivity contribution < 1.29 is 4.79 Å². The molecule has 29 heavy (non-hydrogen) atoms. The van der Waals surface area contributed by atoms with Gasteiger partial charge >= 0.3 is 0 Å². The minimum Gasteiger partial charge on any atom is -0.348 e. The number of rotatable bonds is 5. The number of aryl methyl sites for hydroxylation is 1. The van der Waals surface area contributed by atoms with Crippen LogP contribution in [0.3, 0.4) is 0 Å². The number of anilines is 2. The fraction of sp³-hybridized carbons (Fsp3) is 0.400. The Balaban J connectivity index is 1.49. The highest BCUT2D eigenvalue weighted by Crippen LogP contribution is 2.29. The third-order valence-electron chi connectivity index (χ3n) is 4.88. The van der Waals surface area contributed by atoms with Crippen LogP contribution in [0.15, 0.2) is 34.2 Å². The second-order valence-electron chi connectivity index (χ2n) is 7.16. The Morgan fingerprint density at radius 2 is 1.90 bits per heavy atom. The lowest BCUT2D eigenvalue weighted by molar-refractivity contribution is -0.113. The number of carbonyl (C=O) groups is 1. The minimum absolute atomic E-state index is 0.114. The SMILES string of the molecule is Cc1ccc(NC(=O)CSc2nc3nc(N4CCCCC4)sc3c(=O)n2C)cc1. The molecule has 0 spiro atoms. The third-order valence-corrected chi connectivity index (χ3v) is 7.00. The molecule has 1 aliphatic heterocycles. The molecule has 3 aromatic rings. The van der Waals surface area contributed by atoms with Gasteiger partial charge in [-0.2, -0.15) is 4.98 Å². The molecule has 0 bridgehead atoms. The van der Waals surface area contributed by atoms with Crippen LogP contribution in [0.1, 0.15) is 24.8 Å². The van der Waals surface area contributed by atoms with E-state index in [1.807, 2.05) is 31.2 Å². The zero-order chi connectivity index (χ0) is 20.4. The number of hydrogen-bond donors (Lipinski definition) is 1. The van der Waals surface area contributed by atoms with E-state index in [1.165, 1.54) is 34.1 Å². The van der Waals surface area contributed by atoms with E-state index in [9.17, 15) is 9.59 Å². The summed E-state index contributed by atoms with van der Waals surface area (Å²) in [7, 11) is 1.69. The van der Waals surface area contributed by atoms with Gasteiger partial charge in [0.1, 0.15) is 4.70 Å². The normalized spacial score (nSPS) is 14.3. The lowest BCUT2D eigenvalue weighted by Crippen LogP contribution is -2.29. The van der Waals surface area contributed by atoms with E-state index in [-0.39, 0.29) is 17.2 Å². The Kier molecular flexibility index (Phi) is 5.86. The number of nitrogens with zero attached hydrogens (tertiary/aromatic N) is 4. The lowest BCUT2D eigenvalue weighted by atomic mass is 10.1. The van der Waals surface area contributed by atoms with Crippen LogP contribution in [0.2, 0.25) is 0 Å². The first-order chi connectivity index (χ1) is 14.0. The van der Waals surface area contributed by atoms with Crippen LogP contribution in [0.25, 0.3) is 10.3 Å². The largest absolute Gasteiger partial charge is 0.348 e. The van der Waals surface area contributed by atoms with E-state index in [0.29, 0.717) is 15.5 Å². The minimum atomic E-state index is -0.138. The van der Waals surface area contributed by atoms with Crippen LogP contribution in [0, 0.1) is 6.92 Å². The van der Waals surface area contributed by atoms with E-state index in [1.54, 1.807) is 7.05 Å². The fourth-order valence-electron chi connectivity index (χ4n) is 3.23. The van der Waals surface area contributed by atoms with Crippen LogP contribution >= 0.6 is 23.1 Å². The van der Waals surface area contributed by atoms with Crippen molar-refractivity contribution >= 4 is 50.2 Å².